The second kappa shape index (κ2) is 10.9. The normalized spacial score (nSPS) is 16.2. The van der Waals surface area contributed by atoms with E-state index in [4.69, 9.17) is 9.26 Å². The number of carbonyl (C=O) groups excluding carboxylic acids is 2. The number of ether oxygens (including phenoxy) is 1. The highest BCUT2D eigenvalue weighted by atomic mass is 32.1. The van der Waals surface area contributed by atoms with Gasteiger partial charge in [-0.05, 0) is 51.5 Å². The van der Waals surface area contributed by atoms with Crippen LogP contribution in [0.15, 0.2) is 22.0 Å². The van der Waals surface area contributed by atoms with E-state index in [1.54, 1.807) is 11.3 Å². The van der Waals surface area contributed by atoms with Crippen LogP contribution in [-0.2, 0) is 16.0 Å². The van der Waals surface area contributed by atoms with Crippen molar-refractivity contribution in [3.05, 3.63) is 23.4 Å². The van der Waals surface area contributed by atoms with E-state index in [0.29, 0.717) is 37.5 Å². The van der Waals surface area contributed by atoms with Gasteiger partial charge in [0, 0.05) is 19.4 Å². The maximum Gasteiger partial charge on any atom is 0.408 e. The smallest absolute Gasteiger partial charge is 0.408 e. The summed E-state index contributed by atoms with van der Waals surface area (Å²) in [5.74, 6) is 1.08. The van der Waals surface area contributed by atoms with Crippen LogP contribution in [0.4, 0.5) is 4.79 Å². The van der Waals surface area contributed by atoms with Crippen molar-refractivity contribution in [2.75, 3.05) is 6.54 Å². The Labute approximate surface area is 193 Å². The number of thiophene rings is 1. The lowest BCUT2D eigenvalue weighted by atomic mass is 9.90. The Bertz CT molecular complexity index is 865. The van der Waals surface area contributed by atoms with Gasteiger partial charge in [0.2, 0.25) is 17.6 Å². The van der Waals surface area contributed by atoms with E-state index in [1.807, 2.05) is 38.3 Å². The SMILES string of the molecule is CC(C)(C)OC(=O)NC1(CNC(=O)CCCc2nc(-c3cccs3)no2)CCCCCC1. The molecule has 2 aromatic heterocycles. The maximum absolute atomic E-state index is 12.5. The summed E-state index contributed by atoms with van der Waals surface area (Å²) in [7, 11) is 0. The van der Waals surface area contributed by atoms with Gasteiger partial charge in [-0.2, -0.15) is 4.98 Å². The zero-order chi connectivity index (χ0) is 23.0. The van der Waals surface area contributed by atoms with Gasteiger partial charge in [0.1, 0.15) is 5.60 Å². The first kappa shape index (κ1) is 24.2. The van der Waals surface area contributed by atoms with Crippen LogP contribution in [0.3, 0.4) is 0 Å². The minimum atomic E-state index is -0.558. The van der Waals surface area contributed by atoms with E-state index in [1.165, 1.54) is 0 Å². The molecule has 0 spiro atoms. The molecule has 0 bridgehead atoms. The third kappa shape index (κ3) is 7.62. The zero-order valence-corrected chi connectivity index (χ0v) is 20.1. The molecule has 0 unspecified atom stereocenters. The van der Waals surface area contributed by atoms with Crippen LogP contribution in [0.2, 0.25) is 0 Å². The zero-order valence-electron chi connectivity index (χ0n) is 19.2. The van der Waals surface area contributed by atoms with Gasteiger partial charge in [0.25, 0.3) is 0 Å². The van der Waals surface area contributed by atoms with Crippen LogP contribution >= 0.6 is 11.3 Å². The lowest BCUT2D eigenvalue weighted by molar-refractivity contribution is -0.121. The highest BCUT2D eigenvalue weighted by Gasteiger charge is 2.34. The Morgan fingerprint density at radius 3 is 2.62 bits per heavy atom. The molecule has 1 aliphatic carbocycles. The summed E-state index contributed by atoms with van der Waals surface area (Å²) >= 11 is 1.56. The number of aryl methyl sites for hydroxylation is 1. The summed E-state index contributed by atoms with van der Waals surface area (Å²) in [6, 6.07) is 3.89. The molecule has 1 aliphatic rings. The molecule has 1 fully saturated rings. The highest BCUT2D eigenvalue weighted by Crippen LogP contribution is 2.27. The van der Waals surface area contributed by atoms with E-state index in [0.717, 1.165) is 43.4 Å². The van der Waals surface area contributed by atoms with Crippen molar-refractivity contribution >= 4 is 23.3 Å². The number of alkyl carbamates (subject to hydrolysis) is 1. The Balaban J connectivity index is 1.47. The number of nitrogens with zero attached hydrogens (tertiary/aromatic N) is 2. The minimum Gasteiger partial charge on any atom is -0.444 e. The molecule has 0 radical (unpaired) electrons. The number of hydrogen-bond donors (Lipinski definition) is 2. The lowest BCUT2D eigenvalue weighted by Crippen LogP contribution is -2.56. The Hall–Kier alpha value is -2.42. The summed E-state index contributed by atoms with van der Waals surface area (Å²) in [6.07, 6.45) is 7.10. The summed E-state index contributed by atoms with van der Waals surface area (Å²) < 4.78 is 10.8. The van der Waals surface area contributed by atoms with Gasteiger partial charge in [0.05, 0.1) is 10.4 Å². The van der Waals surface area contributed by atoms with Crippen molar-refractivity contribution in [3.8, 4) is 10.7 Å². The van der Waals surface area contributed by atoms with Gasteiger partial charge in [-0.1, -0.05) is 36.9 Å². The topological polar surface area (TPSA) is 106 Å². The van der Waals surface area contributed by atoms with Crippen LogP contribution in [0, 0.1) is 0 Å². The highest BCUT2D eigenvalue weighted by molar-refractivity contribution is 7.13. The molecule has 8 nitrogen and oxygen atoms in total. The third-order valence-corrected chi connectivity index (χ3v) is 6.32. The molecule has 176 valence electrons. The summed E-state index contributed by atoms with van der Waals surface area (Å²) in [6.45, 7) is 5.96. The van der Waals surface area contributed by atoms with Crippen molar-refractivity contribution < 1.29 is 18.8 Å². The van der Waals surface area contributed by atoms with Crippen molar-refractivity contribution in [1.29, 1.82) is 0 Å². The van der Waals surface area contributed by atoms with Crippen LogP contribution in [-0.4, -0.2) is 39.8 Å². The molecule has 3 rings (SSSR count). The second-order valence-electron chi connectivity index (χ2n) is 9.44. The number of carbonyl (C=O) groups is 2. The van der Waals surface area contributed by atoms with Gasteiger partial charge in [-0.3, -0.25) is 4.79 Å². The third-order valence-electron chi connectivity index (χ3n) is 5.45. The second-order valence-corrected chi connectivity index (χ2v) is 10.4. The number of rotatable bonds is 8. The Morgan fingerprint density at radius 2 is 1.97 bits per heavy atom. The number of nitrogens with one attached hydrogen (secondary N) is 2. The minimum absolute atomic E-state index is 0.0439. The van der Waals surface area contributed by atoms with Gasteiger partial charge in [-0.25, -0.2) is 4.79 Å². The molecule has 2 amide bonds. The molecule has 0 atom stereocenters. The van der Waals surface area contributed by atoms with Crippen molar-refractivity contribution in [2.24, 2.45) is 0 Å². The number of hydrogen-bond acceptors (Lipinski definition) is 7. The van der Waals surface area contributed by atoms with Crippen LogP contribution in [0.1, 0.15) is 78.0 Å². The van der Waals surface area contributed by atoms with Crippen molar-refractivity contribution in [3.63, 3.8) is 0 Å². The van der Waals surface area contributed by atoms with Crippen LogP contribution in [0.25, 0.3) is 10.7 Å². The molecule has 2 N–H and O–H groups in total. The largest absolute Gasteiger partial charge is 0.444 e. The van der Waals surface area contributed by atoms with E-state index >= 15 is 0 Å². The standard InChI is InChI=1S/C23H34N4O4S/c1-22(2,3)30-21(29)26-23(13-6-4-5-7-14-23)16-24-18(28)11-8-12-19-25-20(27-31-19)17-10-9-15-32-17/h9-10,15H,4-8,11-14,16H2,1-3H3,(H,24,28)(H,26,29). The van der Waals surface area contributed by atoms with E-state index in [9.17, 15) is 9.59 Å². The predicted octanol–water partition coefficient (Wildman–Crippen LogP) is 4.85. The fourth-order valence-electron chi connectivity index (χ4n) is 3.89. The average molecular weight is 463 g/mol. The first-order valence-electron chi connectivity index (χ1n) is 11.4. The van der Waals surface area contributed by atoms with Gasteiger partial charge in [-0.15, -0.1) is 11.3 Å². The molecule has 0 saturated heterocycles. The monoisotopic (exact) mass is 462 g/mol. The molecular formula is C23H34N4O4S. The molecule has 32 heavy (non-hydrogen) atoms. The van der Waals surface area contributed by atoms with Gasteiger partial charge in [0.15, 0.2) is 0 Å². The quantitative estimate of drug-likeness (QED) is 0.543. The van der Waals surface area contributed by atoms with Crippen molar-refractivity contribution in [2.45, 2.75) is 89.7 Å². The van der Waals surface area contributed by atoms with E-state index < -0.39 is 17.2 Å². The average Bonchev–Trinajstić information content (AvgIpc) is 3.35. The van der Waals surface area contributed by atoms with E-state index in [2.05, 4.69) is 20.8 Å². The maximum atomic E-state index is 12.5. The Morgan fingerprint density at radius 1 is 1.22 bits per heavy atom. The van der Waals surface area contributed by atoms with Gasteiger partial charge >= 0.3 is 6.09 Å². The molecule has 2 heterocycles. The first-order valence-corrected chi connectivity index (χ1v) is 12.3. The molecule has 0 aromatic carbocycles. The number of amides is 2. The van der Waals surface area contributed by atoms with Gasteiger partial charge < -0.3 is 19.9 Å². The molecule has 0 aliphatic heterocycles. The molecular weight excluding hydrogens is 428 g/mol. The number of aromatic nitrogens is 2. The Kier molecular flexibility index (Phi) is 8.28. The fraction of sp³-hybridized carbons (Fsp3) is 0.652. The summed E-state index contributed by atoms with van der Waals surface area (Å²) in [5.41, 5.74) is -1.02. The summed E-state index contributed by atoms with van der Waals surface area (Å²) in [4.78, 5) is 30.3. The van der Waals surface area contributed by atoms with E-state index in [-0.39, 0.29) is 5.91 Å². The van der Waals surface area contributed by atoms with Crippen LogP contribution < -0.4 is 10.6 Å². The molecule has 1 saturated carbocycles. The lowest BCUT2D eigenvalue weighted by Gasteiger charge is -2.35. The first-order chi connectivity index (χ1) is 15.2. The predicted molar refractivity (Wildman–Crippen MR) is 123 cm³/mol. The summed E-state index contributed by atoms with van der Waals surface area (Å²) in [5, 5.41) is 12.1. The van der Waals surface area contributed by atoms with Crippen molar-refractivity contribution in [1.82, 2.24) is 20.8 Å². The molecule has 2 aromatic rings. The van der Waals surface area contributed by atoms with Crippen LogP contribution in [0.5, 0.6) is 0 Å². The fourth-order valence-corrected chi connectivity index (χ4v) is 4.54. The molecule has 9 heteroatoms.